The molecule has 0 fully saturated rings. The fourth-order valence-corrected chi connectivity index (χ4v) is 2.52. The molecule has 0 aliphatic heterocycles. The Bertz CT molecular complexity index is 328. The molecular weight excluding hydrogens is 240 g/mol. The summed E-state index contributed by atoms with van der Waals surface area (Å²) < 4.78 is 0. The number of alkyl halides is 1. The standard InChI is InChI=1S/C17H27Cl/c1-5-7-8-14(4)17(18)16-11-9-15(10-12-16)13(3)6-2/h9-14,17H,5-8H2,1-4H3. The van der Waals surface area contributed by atoms with E-state index in [0.717, 1.165) is 0 Å². The Morgan fingerprint density at radius 1 is 1.00 bits per heavy atom. The Kier molecular flexibility index (Phi) is 6.78. The van der Waals surface area contributed by atoms with Gasteiger partial charge in [0.15, 0.2) is 0 Å². The quantitative estimate of drug-likeness (QED) is 0.508. The topological polar surface area (TPSA) is 0 Å². The lowest BCUT2D eigenvalue weighted by Gasteiger charge is -2.19. The largest absolute Gasteiger partial charge is 0.118 e. The molecule has 1 rings (SSSR count). The highest BCUT2D eigenvalue weighted by molar-refractivity contribution is 6.21. The Morgan fingerprint density at radius 2 is 1.56 bits per heavy atom. The summed E-state index contributed by atoms with van der Waals surface area (Å²) >= 11 is 6.56. The lowest BCUT2D eigenvalue weighted by molar-refractivity contribution is 0.490. The molecule has 18 heavy (non-hydrogen) atoms. The van der Waals surface area contributed by atoms with Gasteiger partial charge in [0.2, 0.25) is 0 Å². The van der Waals surface area contributed by atoms with E-state index in [1.54, 1.807) is 0 Å². The highest BCUT2D eigenvalue weighted by atomic mass is 35.5. The van der Waals surface area contributed by atoms with Crippen LogP contribution in [0.3, 0.4) is 0 Å². The van der Waals surface area contributed by atoms with Crippen LogP contribution in [0.25, 0.3) is 0 Å². The summed E-state index contributed by atoms with van der Waals surface area (Å²) in [6, 6.07) is 8.90. The van der Waals surface area contributed by atoms with Gasteiger partial charge < -0.3 is 0 Å². The van der Waals surface area contributed by atoms with Crippen molar-refractivity contribution in [2.24, 2.45) is 5.92 Å². The predicted molar refractivity (Wildman–Crippen MR) is 82.4 cm³/mol. The van der Waals surface area contributed by atoms with Crippen molar-refractivity contribution in [3.8, 4) is 0 Å². The van der Waals surface area contributed by atoms with Crippen LogP contribution in [0.5, 0.6) is 0 Å². The van der Waals surface area contributed by atoms with Gasteiger partial charge in [-0.1, -0.05) is 64.8 Å². The molecule has 0 nitrogen and oxygen atoms in total. The first-order valence-electron chi connectivity index (χ1n) is 7.34. The zero-order valence-electron chi connectivity index (χ0n) is 12.2. The van der Waals surface area contributed by atoms with E-state index in [0.29, 0.717) is 11.8 Å². The first-order valence-corrected chi connectivity index (χ1v) is 7.77. The second kappa shape index (κ2) is 7.84. The van der Waals surface area contributed by atoms with Crippen molar-refractivity contribution in [3.05, 3.63) is 35.4 Å². The lowest BCUT2D eigenvalue weighted by Crippen LogP contribution is -2.04. The molecule has 0 heterocycles. The molecule has 0 radical (unpaired) electrons. The molecule has 0 aromatic heterocycles. The summed E-state index contributed by atoms with van der Waals surface area (Å²) in [5.41, 5.74) is 2.69. The summed E-state index contributed by atoms with van der Waals surface area (Å²) in [6.45, 7) is 9.00. The fraction of sp³-hybridized carbons (Fsp3) is 0.647. The van der Waals surface area contributed by atoms with Gasteiger partial charge in [-0.25, -0.2) is 0 Å². The molecule has 1 heteroatoms. The van der Waals surface area contributed by atoms with E-state index in [9.17, 15) is 0 Å². The van der Waals surface area contributed by atoms with Gasteiger partial charge in [-0.3, -0.25) is 0 Å². The van der Waals surface area contributed by atoms with E-state index in [1.807, 2.05) is 0 Å². The van der Waals surface area contributed by atoms with Gasteiger partial charge in [0.25, 0.3) is 0 Å². The average Bonchev–Trinajstić information content (AvgIpc) is 2.43. The maximum Gasteiger partial charge on any atom is 0.0610 e. The fourth-order valence-electron chi connectivity index (χ4n) is 2.25. The Morgan fingerprint density at radius 3 is 2.06 bits per heavy atom. The molecule has 0 aliphatic carbocycles. The Balaban J connectivity index is 2.66. The number of hydrogen-bond acceptors (Lipinski definition) is 0. The molecule has 0 spiro atoms. The summed E-state index contributed by atoms with van der Waals surface area (Å²) in [5.74, 6) is 1.20. The second-order valence-electron chi connectivity index (χ2n) is 5.50. The van der Waals surface area contributed by atoms with Crippen molar-refractivity contribution in [3.63, 3.8) is 0 Å². The third kappa shape index (κ3) is 4.31. The van der Waals surface area contributed by atoms with Crippen LogP contribution in [0.4, 0.5) is 0 Å². The number of benzene rings is 1. The number of hydrogen-bond donors (Lipinski definition) is 0. The minimum atomic E-state index is 0.155. The van der Waals surface area contributed by atoms with Gasteiger partial charge in [0.1, 0.15) is 0 Å². The van der Waals surface area contributed by atoms with Crippen molar-refractivity contribution < 1.29 is 0 Å². The highest BCUT2D eigenvalue weighted by Crippen LogP contribution is 2.32. The minimum Gasteiger partial charge on any atom is -0.118 e. The summed E-state index contributed by atoms with van der Waals surface area (Å²) in [5, 5.41) is 0.155. The van der Waals surface area contributed by atoms with Crippen LogP contribution in [0.1, 0.15) is 75.8 Å². The molecule has 0 amide bonds. The van der Waals surface area contributed by atoms with E-state index in [4.69, 9.17) is 11.6 Å². The molecule has 1 aromatic rings. The summed E-state index contributed by atoms with van der Waals surface area (Å²) in [6.07, 6.45) is 4.94. The monoisotopic (exact) mass is 266 g/mol. The van der Waals surface area contributed by atoms with Crippen LogP contribution >= 0.6 is 11.6 Å². The number of rotatable bonds is 7. The van der Waals surface area contributed by atoms with E-state index in [1.165, 1.54) is 36.8 Å². The Hall–Kier alpha value is -0.490. The van der Waals surface area contributed by atoms with Gasteiger partial charge in [-0.15, -0.1) is 11.6 Å². The predicted octanol–water partition coefficient (Wildman–Crippen LogP) is 6.31. The minimum absolute atomic E-state index is 0.155. The summed E-state index contributed by atoms with van der Waals surface area (Å²) in [4.78, 5) is 0. The van der Waals surface area contributed by atoms with E-state index in [2.05, 4.69) is 52.0 Å². The third-order valence-corrected chi connectivity index (χ3v) is 4.63. The molecule has 0 aliphatic rings. The molecule has 3 unspecified atom stereocenters. The summed E-state index contributed by atoms with van der Waals surface area (Å²) in [7, 11) is 0. The molecule has 1 aromatic carbocycles. The van der Waals surface area contributed by atoms with E-state index < -0.39 is 0 Å². The van der Waals surface area contributed by atoms with Crippen LogP contribution in [0, 0.1) is 5.92 Å². The Labute approximate surface area is 118 Å². The molecule has 0 saturated carbocycles. The SMILES string of the molecule is CCCCC(C)C(Cl)c1ccc(C(C)CC)cc1. The second-order valence-corrected chi connectivity index (χ2v) is 5.97. The van der Waals surface area contributed by atoms with Crippen LogP contribution in [-0.4, -0.2) is 0 Å². The van der Waals surface area contributed by atoms with Gasteiger partial charge in [-0.05, 0) is 35.8 Å². The average molecular weight is 267 g/mol. The zero-order valence-corrected chi connectivity index (χ0v) is 13.0. The first kappa shape index (κ1) is 15.6. The molecule has 102 valence electrons. The van der Waals surface area contributed by atoms with Crippen LogP contribution < -0.4 is 0 Å². The van der Waals surface area contributed by atoms with Crippen LogP contribution in [-0.2, 0) is 0 Å². The lowest BCUT2D eigenvalue weighted by atomic mass is 9.92. The number of unbranched alkanes of at least 4 members (excludes halogenated alkanes) is 1. The van der Waals surface area contributed by atoms with Gasteiger partial charge >= 0.3 is 0 Å². The van der Waals surface area contributed by atoms with Gasteiger partial charge in [0.05, 0.1) is 5.38 Å². The van der Waals surface area contributed by atoms with Crippen LogP contribution in [0.15, 0.2) is 24.3 Å². The third-order valence-electron chi connectivity index (χ3n) is 3.95. The normalized spacial score (nSPS) is 16.3. The van der Waals surface area contributed by atoms with Crippen molar-refractivity contribution in [1.29, 1.82) is 0 Å². The first-order chi connectivity index (χ1) is 8.60. The molecule has 3 atom stereocenters. The number of halogens is 1. The molecule has 0 N–H and O–H groups in total. The smallest absolute Gasteiger partial charge is 0.0610 e. The van der Waals surface area contributed by atoms with Crippen molar-refractivity contribution in [1.82, 2.24) is 0 Å². The highest BCUT2D eigenvalue weighted by Gasteiger charge is 2.16. The van der Waals surface area contributed by atoms with E-state index in [-0.39, 0.29) is 5.38 Å². The van der Waals surface area contributed by atoms with Crippen molar-refractivity contribution in [2.45, 2.75) is 64.7 Å². The van der Waals surface area contributed by atoms with Gasteiger partial charge in [-0.2, -0.15) is 0 Å². The van der Waals surface area contributed by atoms with E-state index >= 15 is 0 Å². The van der Waals surface area contributed by atoms with Crippen molar-refractivity contribution in [2.75, 3.05) is 0 Å². The molecular formula is C17H27Cl. The maximum atomic E-state index is 6.56. The zero-order chi connectivity index (χ0) is 13.5. The van der Waals surface area contributed by atoms with Crippen LogP contribution in [0.2, 0.25) is 0 Å². The maximum absolute atomic E-state index is 6.56. The molecule has 0 saturated heterocycles. The van der Waals surface area contributed by atoms with Crippen molar-refractivity contribution >= 4 is 11.6 Å². The molecule has 0 bridgehead atoms. The van der Waals surface area contributed by atoms with Gasteiger partial charge in [0, 0.05) is 0 Å².